The van der Waals surface area contributed by atoms with Crippen molar-refractivity contribution in [3.05, 3.63) is 33.2 Å². The van der Waals surface area contributed by atoms with Crippen LogP contribution in [0.25, 0.3) is 0 Å². The van der Waals surface area contributed by atoms with Crippen LogP contribution in [0, 0.1) is 0 Å². The first-order valence-electron chi connectivity index (χ1n) is 8.48. The van der Waals surface area contributed by atoms with Gasteiger partial charge in [0.25, 0.3) is 5.56 Å². The Morgan fingerprint density at radius 3 is 2.43 bits per heavy atom. The average molecular weight is 289 g/mol. The number of hydrogen-bond acceptors (Lipinski definition) is 2. The van der Waals surface area contributed by atoms with Gasteiger partial charge in [-0.05, 0) is 64.0 Å². The van der Waals surface area contributed by atoms with E-state index in [4.69, 9.17) is 0 Å². The molecule has 0 saturated heterocycles. The highest BCUT2D eigenvalue weighted by Crippen LogP contribution is 2.32. The molecular weight excluding hydrogens is 262 g/mol. The van der Waals surface area contributed by atoms with Crippen LogP contribution in [0.2, 0.25) is 0 Å². The molecule has 116 valence electrons. The minimum atomic E-state index is -1.06. The summed E-state index contributed by atoms with van der Waals surface area (Å²) in [6, 6.07) is 2.33. The summed E-state index contributed by atoms with van der Waals surface area (Å²) >= 11 is 0. The fourth-order valence-electron chi connectivity index (χ4n) is 4.00. The molecule has 0 amide bonds. The standard InChI is InChI=1S/C18H27NO2/c1-18(2,21)15-12-13-8-6-7-11-16(13)19(17(15)20)14-9-4-3-5-10-14/h12,14,21H,3-11H2,1-2H3. The van der Waals surface area contributed by atoms with Gasteiger partial charge < -0.3 is 9.67 Å². The average Bonchev–Trinajstić information content (AvgIpc) is 2.46. The molecule has 1 aromatic heterocycles. The summed E-state index contributed by atoms with van der Waals surface area (Å²) in [6.45, 7) is 3.45. The van der Waals surface area contributed by atoms with E-state index in [0.29, 0.717) is 11.6 Å². The van der Waals surface area contributed by atoms with E-state index in [0.717, 1.165) is 25.7 Å². The van der Waals surface area contributed by atoms with Crippen LogP contribution in [0.1, 0.15) is 81.7 Å². The molecule has 0 bridgehead atoms. The zero-order valence-corrected chi connectivity index (χ0v) is 13.3. The Labute approximate surface area is 127 Å². The summed E-state index contributed by atoms with van der Waals surface area (Å²) < 4.78 is 2.07. The van der Waals surface area contributed by atoms with Crippen molar-refractivity contribution in [1.82, 2.24) is 4.57 Å². The number of hydrogen-bond donors (Lipinski definition) is 1. The minimum absolute atomic E-state index is 0.0510. The van der Waals surface area contributed by atoms with Crippen molar-refractivity contribution in [2.75, 3.05) is 0 Å². The fourth-order valence-corrected chi connectivity index (χ4v) is 4.00. The van der Waals surface area contributed by atoms with Crippen LogP contribution < -0.4 is 5.56 Å². The van der Waals surface area contributed by atoms with Crippen molar-refractivity contribution >= 4 is 0 Å². The summed E-state index contributed by atoms with van der Waals surface area (Å²) in [6.07, 6.45) is 10.4. The van der Waals surface area contributed by atoms with E-state index < -0.39 is 5.60 Å². The van der Waals surface area contributed by atoms with E-state index in [-0.39, 0.29) is 5.56 Å². The van der Waals surface area contributed by atoms with E-state index in [1.165, 1.54) is 43.4 Å². The first-order valence-corrected chi connectivity index (χ1v) is 8.48. The molecule has 1 N–H and O–H groups in total. The number of rotatable bonds is 2. The van der Waals surface area contributed by atoms with Gasteiger partial charge in [0.1, 0.15) is 0 Å². The molecule has 3 heteroatoms. The first-order chi connectivity index (χ1) is 9.98. The lowest BCUT2D eigenvalue weighted by Gasteiger charge is -2.32. The molecule has 21 heavy (non-hydrogen) atoms. The molecule has 2 aliphatic carbocycles. The maximum Gasteiger partial charge on any atom is 0.257 e. The third kappa shape index (κ3) is 2.80. The van der Waals surface area contributed by atoms with E-state index >= 15 is 0 Å². The summed E-state index contributed by atoms with van der Waals surface area (Å²) in [4.78, 5) is 13.0. The topological polar surface area (TPSA) is 42.2 Å². The first kappa shape index (κ1) is 14.8. The van der Waals surface area contributed by atoms with E-state index in [9.17, 15) is 9.90 Å². The van der Waals surface area contributed by atoms with Gasteiger partial charge in [-0.15, -0.1) is 0 Å². The monoisotopic (exact) mass is 289 g/mol. The van der Waals surface area contributed by atoms with Crippen LogP contribution in [-0.2, 0) is 18.4 Å². The van der Waals surface area contributed by atoms with Gasteiger partial charge in [0.05, 0.1) is 5.60 Å². The highest BCUT2D eigenvalue weighted by Gasteiger charge is 2.28. The fraction of sp³-hybridized carbons (Fsp3) is 0.722. The molecule has 1 heterocycles. The minimum Gasteiger partial charge on any atom is -0.386 e. The molecule has 0 unspecified atom stereocenters. The van der Waals surface area contributed by atoms with Gasteiger partial charge in [-0.1, -0.05) is 19.3 Å². The Balaban J connectivity index is 2.17. The van der Waals surface area contributed by atoms with E-state index in [1.54, 1.807) is 13.8 Å². The SMILES string of the molecule is CC(C)(O)c1cc2c(n(C3CCCCC3)c1=O)CCCC2. The molecule has 2 aliphatic rings. The van der Waals surface area contributed by atoms with Crippen LogP contribution in [-0.4, -0.2) is 9.67 Å². The third-order valence-corrected chi connectivity index (χ3v) is 5.14. The van der Waals surface area contributed by atoms with Gasteiger partial charge in [-0.25, -0.2) is 0 Å². The number of aromatic nitrogens is 1. The molecule has 1 fully saturated rings. The predicted molar refractivity (Wildman–Crippen MR) is 84.7 cm³/mol. The Bertz CT molecular complexity index is 574. The van der Waals surface area contributed by atoms with Crippen LogP contribution in [0.3, 0.4) is 0 Å². The maximum absolute atomic E-state index is 13.0. The van der Waals surface area contributed by atoms with E-state index in [2.05, 4.69) is 4.57 Å². The van der Waals surface area contributed by atoms with Crippen molar-refractivity contribution in [2.24, 2.45) is 0 Å². The molecule has 0 aliphatic heterocycles. The van der Waals surface area contributed by atoms with Gasteiger partial charge in [0, 0.05) is 17.3 Å². The Kier molecular flexibility index (Phi) is 3.96. The quantitative estimate of drug-likeness (QED) is 0.906. The van der Waals surface area contributed by atoms with Gasteiger partial charge >= 0.3 is 0 Å². The Hall–Kier alpha value is -1.09. The molecule has 0 spiro atoms. The van der Waals surface area contributed by atoms with Gasteiger partial charge in [0.2, 0.25) is 0 Å². The highest BCUT2D eigenvalue weighted by molar-refractivity contribution is 5.32. The van der Waals surface area contributed by atoms with Crippen molar-refractivity contribution < 1.29 is 5.11 Å². The van der Waals surface area contributed by atoms with Crippen LogP contribution >= 0.6 is 0 Å². The second-order valence-corrected chi connectivity index (χ2v) is 7.26. The molecule has 1 saturated carbocycles. The lowest BCUT2D eigenvalue weighted by Crippen LogP contribution is -2.37. The molecule has 1 aromatic rings. The summed E-state index contributed by atoms with van der Waals surface area (Å²) in [5.74, 6) is 0. The molecule has 3 rings (SSSR count). The van der Waals surface area contributed by atoms with Gasteiger partial charge in [-0.3, -0.25) is 4.79 Å². The third-order valence-electron chi connectivity index (χ3n) is 5.14. The number of fused-ring (bicyclic) bond motifs is 1. The van der Waals surface area contributed by atoms with Crippen molar-refractivity contribution in [2.45, 2.75) is 83.3 Å². The Morgan fingerprint density at radius 1 is 1.10 bits per heavy atom. The van der Waals surface area contributed by atoms with Crippen LogP contribution in [0.4, 0.5) is 0 Å². The zero-order chi connectivity index (χ0) is 15.0. The smallest absolute Gasteiger partial charge is 0.257 e. The lowest BCUT2D eigenvalue weighted by molar-refractivity contribution is 0.0758. The maximum atomic E-state index is 13.0. The number of aryl methyl sites for hydroxylation is 1. The summed E-state index contributed by atoms with van der Waals surface area (Å²) in [5.41, 5.74) is 2.12. The van der Waals surface area contributed by atoms with Crippen molar-refractivity contribution in [1.29, 1.82) is 0 Å². The van der Waals surface area contributed by atoms with Gasteiger partial charge in [0.15, 0.2) is 0 Å². The summed E-state index contributed by atoms with van der Waals surface area (Å²) in [7, 11) is 0. The second kappa shape index (κ2) is 5.60. The van der Waals surface area contributed by atoms with Crippen LogP contribution in [0.5, 0.6) is 0 Å². The lowest BCUT2D eigenvalue weighted by atomic mass is 9.88. The zero-order valence-electron chi connectivity index (χ0n) is 13.3. The molecule has 0 radical (unpaired) electrons. The van der Waals surface area contributed by atoms with Crippen LogP contribution in [0.15, 0.2) is 10.9 Å². The summed E-state index contributed by atoms with van der Waals surface area (Å²) in [5, 5.41) is 10.4. The predicted octanol–water partition coefficient (Wildman–Crippen LogP) is 3.46. The van der Waals surface area contributed by atoms with Crippen molar-refractivity contribution in [3.63, 3.8) is 0 Å². The molecule has 0 aromatic carbocycles. The molecule has 0 atom stereocenters. The molecular formula is C18H27NO2. The van der Waals surface area contributed by atoms with Crippen molar-refractivity contribution in [3.8, 4) is 0 Å². The number of aliphatic hydroxyl groups is 1. The van der Waals surface area contributed by atoms with E-state index in [1.807, 2.05) is 6.07 Å². The highest BCUT2D eigenvalue weighted by atomic mass is 16.3. The number of nitrogens with zero attached hydrogens (tertiary/aromatic N) is 1. The Morgan fingerprint density at radius 2 is 1.76 bits per heavy atom. The van der Waals surface area contributed by atoms with Gasteiger partial charge in [-0.2, -0.15) is 0 Å². The second-order valence-electron chi connectivity index (χ2n) is 7.26. The molecule has 3 nitrogen and oxygen atoms in total. The largest absolute Gasteiger partial charge is 0.386 e. The normalized spacial score (nSPS) is 20.3. The number of pyridine rings is 1.